The summed E-state index contributed by atoms with van der Waals surface area (Å²) in [5, 5.41) is 6.82. The van der Waals surface area contributed by atoms with Gasteiger partial charge in [0.1, 0.15) is 0 Å². The number of anilines is 1. The molecule has 7 nitrogen and oxygen atoms in total. The second-order valence-corrected chi connectivity index (χ2v) is 8.18. The number of hydrogen-bond donors (Lipinski definition) is 2. The maximum absolute atomic E-state index is 12.5. The van der Waals surface area contributed by atoms with Gasteiger partial charge in [-0.2, -0.15) is 0 Å². The van der Waals surface area contributed by atoms with Crippen LogP contribution in [-0.2, 0) is 16.1 Å². The third kappa shape index (κ3) is 4.13. The van der Waals surface area contributed by atoms with E-state index in [-0.39, 0.29) is 37.1 Å². The van der Waals surface area contributed by atoms with E-state index in [1.54, 1.807) is 24.3 Å². The van der Waals surface area contributed by atoms with Gasteiger partial charge in [-0.15, -0.1) is 11.3 Å². The number of nitrogens with one attached hydrogen (secondary N) is 2. The van der Waals surface area contributed by atoms with Gasteiger partial charge in [0.05, 0.1) is 6.54 Å². The molecule has 0 unspecified atom stereocenters. The Morgan fingerprint density at radius 1 is 1.14 bits per heavy atom. The monoisotopic (exact) mass is 398 g/mol. The molecule has 0 bridgehead atoms. The summed E-state index contributed by atoms with van der Waals surface area (Å²) >= 11 is 1.53. The van der Waals surface area contributed by atoms with E-state index in [2.05, 4.69) is 15.6 Å². The van der Waals surface area contributed by atoms with Gasteiger partial charge >= 0.3 is 0 Å². The van der Waals surface area contributed by atoms with Crippen molar-refractivity contribution in [1.29, 1.82) is 0 Å². The van der Waals surface area contributed by atoms with Crippen molar-refractivity contribution in [2.75, 3.05) is 18.4 Å². The van der Waals surface area contributed by atoms with E-state index in [4.69, 9.17) is 0 Å². The number of carbonyl (C=O) groups excluding carboxylic acids is 3. The van der Waals surface area contributed by atoms with Crippen molar-refractivity contribution in [2.45, 2.75) is 38.1 Å². The first kappa shape index (κ1) is 18.8. The highest BCUT2D eigenvalue weighted by atomic mass is 32.1. The molecular weight excluding hydrogens is 376 g/mol. The summed E-state index contributed by atoms with van der Waals surface area (Å²) in [6.45, 7) is 2.29. The molecule has 2 saturated heterocycles. The zero-order valence-electron chi connectivity index (χ0n) is 15.4. The predicted molar refractivity (Wildman–Crippen MR) is 106 cm³/mol. The molecular formula is C20H22N4O3S. The summed E-state index contributed by atoms with van der Waals surface area (Å²) in [6, 6.07) is 6.96. The summed E-state index contributed by atoms with van der Waals surface area (Å²) in [5.74, 6) is 0.0195. The number of piperidine rings is 1. The summed E-state index contributed by atoms with van der Waals surface area (Å²) in [7, 11) is 0. The third-order valence-corrected chi connectivity index (χ3v) is 6.27. The highest BCUT2D eigenvalue weighted by Crippen LogP contribution is 2.31. The van der Waals surface area contributed by atoms with Gasteiger partial charge in [-0.1, -0.05) is 12.1 Å². The van der Waals surface area contributed by atoms with Gasteiger partial charge in [-0.25, -0.2) is 4.98 Å². The molecule has 146 valence electrons. The molecule has 3 amide bonds. The Hall–Kier alpha value is -2.58. The Kier molecular flexibility index (Phi) is 5.50. The first-order valence-corrected chi connectivity index (χ1v) is 10.3. The van der Waals surface area contributed by atoms with Crippen LogP contribution in [0.25, 0.3) is 0 Å². The highest BCUT2D eigenvalue weighted by Gasteiger charge is 2.28. The molecule has 8 heteroatoms. The molecule has 3 heterocycles. The Labute approximate surface area is 167 Å². The smallest absolute Gasteiger partial charge is 0.257 e. The summed E-state index contributed by atoms with van der Waals surface area (Å²) < 4.78 is 0. The lowest BCUT2D eigenvalue weighted by Crippen LogP contribution is -2.28. The predicted octanol–water partition coefficient (Wildman–Crippen LogP) is 2.51. The fraction of sp³-hybridized carbons (Fsp3) is 0.400. The van der Waals surface area contributed by atoms with E-state index in [0.717, 1.165) is 31.5 Å². The Morgan fingerprint density at radius 2 is 1.82 bits per heavy atom. The van der Waals surface area contributed by atoms with Gasteiger partial charge in [-0.05, 0) is 49.5 Å². The van der Waals surface area contributed by atoms with Crippen LogP contribution in [0.1, 0.15) is 52.4 Å². The minimum atomic E-state index is -0.217. The summed E-state index contributed by atoms with van der Waals surface area (Å²) in [4.78, 5) is 42.7. The number of thiazole rings is 1. The van der Waals surface area contributed by atoms with Crippen LogP contribution < -0.4 is 10.6 Å². The van der Waals surface area contributed by atoms with E-state index >= 15 is 0 Å². The number of benzene rings is 1. The SMILES string of the molecule is O=C(Nc1ncc(C2CCNCC2)s1)c1ccc(CN2C(=O)CCC2=O)cc1. The van der Waals surface area contributed by atoms with Crippen molar-refractivity contribution in [3.63, 3.8) is 0 Å². The van der Waals surface area contributed by atoms with Crippen LogP contribution in [0.4, 0.5) is 5.13 Å². The summed E-state index contributed by atoms with van der Waals surface area (Å²) in [6.07, 6.45) is 4.63. The van der Waals surface area contributed by atoms with Crippen molar-refractivity contribution in [2.24, 2.45) is 0 Å². The Morgan fingerprint density at radius 3 is 2.50 bits per heavy atom. The molecule has 1 aromatic carbocycles. The number of hydrogen-bond acceptors (Lipinski definition) is 6. The average Bonchev–Trinajstić information content (AvgIpc) is 3.31. The molecule has 4 rings (SSSR count). The molecule has 0 atom stereocenters. The van der Waals surface area contributed by atoms with Gasteiger partial charge in [0, 0.05) is 29.5 Å². The minimum absolute atomic E-state index is 0.139. The molecule has 0 spiro atoms. The highest BCUT2D eigenvalue weighted by molar-refractivity contribution is 7.15. The van der Waals surface area contributed by atoms with Crippen molar-refractivity contribution in [1.82, 2.24) is 15.2 Å². The molecule has 0 radical (unpaired) electrons. The lowest BCUT2D eigenvalue weighted by molar-refractivity contribution is -0.139. The van der Waals surface area contributed by atoms with Gasteiger partial charge in [0.25, 0.3) is 5.91 Å². The van der Waals surface area contributed by atoms with Gasteiger partial charge < -0.3 is 5.32 Å². The molecule has 1 aromatic heterocycles. The number of imide groups is 1. The lowest BCUT2D eigenvalue weighted by Gasteiger charge is -2.20. The molecule has 2 aliphatic rings. The molecule has 2 aromatic rings. The number of aromatic nitrogens is 1. The van der Waals surface area contributed by atoms with Gasteiger partial charge in [0.15, 0.2) is 5.13 Å². The molecule has 28 heavy (non-hydrogen) atoms. The van der Waals surface area contributed by atoms with Gasteiger partial charge in [-0.3, -0.25) is 24.6 Å². The number of nitrogens with zero attached hydrogens (tertiary/aromatic N) is 2. The maximum atomic E-state index is 12.5. The van der Waals surface area contributed by atoms with Crippen LogP contribution in [0.2, 0.25) is 0 Å². The van der Waals surface area contributed by atoms with Crippen LogP contribution in [0.5, 0.6) is 0 Å². The third-order valence-electron chi connectivity index (χ3n) is 5.20. The zero-order valence-corrected chi connectivity index (χ0v) is 16.3. The minimum Gasteiger partial charge on any atom is -0.317 e. The fourth-order valence-corrected chi connectivity index (χ4v) is 4.53. The van der Waals surface area contributed by atoms with Crippen LogP contribution >= 0.6 is 11.3 Å². The second kappa shape index (κ2) is 8.20. The lowest BCUT2D eigenvalue weighted by atomic mass is 9.97. The van der Waals surface area contributed by atoms with Crippen LogP contribution in [0.15, 0.2) is 30.5 Å². The molecule has 2 aliphatic heterocycles. The average molecular weight is 398 g/mol. The van der Waals surface area contributed by atoms with E-state index < -0.39 is 0 Å². The first-order chi connectivity index (χ1) is 13.6. The van der Waals surface area contributed by atoms with Gasteiger partial charge in [0.2, 0.25) is 11.8 Å². The number of likely N-dealkylation sites (tertiary alicyclic amines) is 1. The Bertz CT molecular complexity index is 871. The van der Waals surface area contributed by atoms with Crippen LogP contribution in [-0.4, -0.2) is 40.7 Å². The van der Waals surface area contributed by atoms with Crippen molar-refractivity contribution >= 4 is 34.2 Å². The quantitative estimate of drug-likeness (QED) is 0.755. The number of rotatable bonds is 5. The number of amides is 3. The normalized spacial score (nSPS) is 17.9. The fourth-order valence-electron chi connectivity index (χ4n) is 3.55. The van der Waals surface area contributed by atoms with E-state index in [1.165, 1.54) is 21.1 Å². The zero-order chi connectivity index (χ0) is 19.5. The topological polar surface area (TPSA) is 91.4 Å². The van der Waals surface area contributed by atoms with Crippen molar-refractivity contribution < 1.29 is 14.4 Å². The largest absolute Gasteiger partial charge is 0.317 e. The van der Waals surface area contributed by atoms with Crippen LogP contribution in [0.3, 0.4) is 0 Å². The van der Waals surface area contributed by atoms with E-state index in [9.17, 15) is 14.4 Å². The Balaban J connectivity index is 1.36. The summed E-state index contributed by atoms with van der Waals surface area (Å²) in [5.41, 5.74) is 1.34. The standard InChI is InChI=1S/C20H22N4O3S/c25-17-5-6-18(26)24(17)12-13-1-3-15(4-2-13)19(27)23-20-22-11-16(28-20)14-7-9-21-10-8-14/h1-4,11,14,21H,5-10,12H2,(H,22,23,27). The maximum Gasteiger partial charge on any atom is 0.257 e. The first-order valence-electron chi connectivity index (χ1n) is 9.50. The number of carbonyl (C=O) groups is 3. The van der Waals surface area contributed by atoms with Crippen molar-refractivity contribution in [3.05, 3.63) is 46.5 Å². The van der Waals surface area contributed by atoms with Crippen LogP contribution in [0, 0.1) is 0 Å². The van der Waals surface area contributed by atoms with Crippen molar-refractivity contribution in [3.8, 4) is 0 Å². The van der Waals surface area contributed by atoms with E-state index in [1.807, 2.05) is 6.20 Å². The molecule has 2 N–H and O–H groups in total. The molecule has 0 aliphatic carbocycles. The van der Waals surface area contributed by atoms with E-state index in [0.29, 0.717) is 16.6 Å². The molecule has 2 fully saturated rings. The molecule has 0 saturated carbocycles. The second-order valence-electron chi connectivity index (χ2n) is 7.12.